The molecule has 1 amide bonds. The van der Waals surface area contributed by atoms with Crippen LogP contribution in [-0.2, 0) is 0 Å². The average molecular weight is 332 g/mol. The number of aromatic hydroxyl groups is 1. The lowest BCUT2D eigenvalue weighted by Crippen LogP contribution is -2.12. The molecule has 0 aliphatic carbocycles. The number of para-hydroxylation sites is 1. The number of carbonyl (C=O) groups is 1. The van der Waals surface area contributed by atoms with Crippen LogP contribution < -0.4 is 5.32 Å². The van der Waals surface area contributed by atoms with E-state index < -0.39 is 5.91 Å². The van der Waals surface area contributed by atoms with Gasteiger partial charge in [0.25, 0.3) is 5.91 Å². The van der Waals surface area contributed by atoms with Crippen LogP contribution in [0.25, 0.3) is 10.9 Å². The van der Waals surface area contributed by atoms with Gasteiger partial charge < -0.3 is 10.4 Å². The first-order chi connectivity index (χ1) is 9.65. The molecule has 0 bridgehead atoms. The molecule has 0 spiro atoms. The van der Waals surface area contributed by atoms with E-state index in [1.54, 1.807) is 12.1 Å². The minimum Gasteiger partial charge on any atom is -0.507 e. The van der Waals surface area contributed by atoms with Gasteiger partial charge in [0.2, 0.25) is 0 Å². The maximum absolute atomic E-state index is 12.2. The van der Waals surface area contributed by atoms with E-state index in [1.807, 2.05) is 24.3 Å². The largest absolute Gasteiger partial charge is 0.507 e. The van der Waals surface area contributed by atoms with Crippen molar-refractivity contribution in [2.45, 2.75) is 0 Å². The normalized spacial score (nSPS) is 10.7. The standard InChI is InChI=1S/C14H10BrN3O2/c15-8-5-6-12(19)10(7-8)14(20)16-13-9-3-1-2-4-11(9)17-18-13/h1-7,19H,(H2,16,17,18,20). The Balaban J connectivity index is 1.94. The lowest BCUT2D eigenvalue weighted by Gasteiger charge is -2.05. The van der Waals surface area contributed by atoms with E-state index in [-0.39, 0.29) is 11.3 Å². The number of hydrogen-bond donors (Lipinski definition) is 3. The summed E-state index contributed by atoms with van der Waals surface area (Å²) in [5.74, 6) is -0.0587. The molecule has 3 N–H and O–H groups in total. The molecule has 0 aliphatic heterocycles. The highest BCUT2D eigenvalue weighted by Crippen LogP contribution is 2.24. The number of H-pyrrole nitrogens is 1. The van der Waals surface area contributed by atoms with Gasteiger partial charge in [0.05, 0.1) is 11.1 Å². The van der Waals surface area contributed by atoms with Gasteiger partial charge in [-0.3, -0.25) is 9.89 Å². The molecule has 3 aromatic rings. The van der Waals surface area contributed by atoms with E-state index in [1.165, 1.54) is 6.07 Å². The number of benzene rings is 2. The summed E-state index contributed by atoms with van der Waals surface area (Å²) < 4.78 is 0.715. The van der Waals surface area contributed by atoms with Crippen LogP contribution in [0.15, 0.2) is 46.9 Å². The Morgan fingerprint density at radius 3 is 2.90 bits per heavy atom. The van der Waals surface area contributed by atoms with Crippen molar-refractivity contribution >= 4 is 38.6 Å². The first kappa shape index (κ1) is 12.7. The molecule has 100 valence electrons. The zero-order valence-corrected chi connectivity index (χ0v) is 11.8. The first-order valence-electron chi connectivity index (χ1n) is 5.88. The number of anilines is 1. The molecule has 0 saturated heterocycles. The highest BCUT2D eigenvalue weighted by atomic mass is 79.9. The Bertz CT molecular complexity index is 798. The number of aromatic nitrogens is 2. The second-order valence-electron chi connectivity index (χ2n) is 4.23. The Kier molecular flexibility index (Phi) is 3.15. The number of fused-ring (bicyclic) bond motifs is 1. The molecule has 1 aromatic heterocycles. The fourth-order valence-electron chi connectivity index (χ4n) is 1.92. The third kappa shape index (κ3) is 2.25. The van der Waals surface area contributed by atoms with Crippen molar-refractivity contribution in [2.24, 2.45) is 0 Å². The lowest BCUT2D eigenvalue weighted by molar-refractivity contribution is 0.102. The lowest BCUT2D eigenvalue weighted by atomic mass is 10.2. The number of nitrogens with zero attached hydrogens (tertiary/aromatic N) is 1. The number of halogens is 1. The molecule has 20 heavy (non-hydrogen) atoms. The van der Waals surface area contributed by atoms with Gasteiger partial charge in [-0.05, 0) is 30.3 Å². The van der Waals surface area contributed by atoms with Crippen molar-refractivity contribution in [2.75, 3.05) is 5.32 Å². The van der Waals surface area contributed by atoms with Gasteiger partial charge in [0, 0.05) is 9.86 Å². The molecule has 0 radical (unpaired) electrons. The summed E-state index contributed by atoms with van der Waals surface area (Å²) in [4.78, 5) is 12.2. The van der Waals surface area contributed by atoms with Crippen LogP contribution in [0, 0.1) is 0 Å². The molecular weight excluding hydrogens is 322 g/mol. The Morgan fingerprint density at radius 1 is 1.25 bits per heavy atom. The van der Waals surface area contributed by atoms with Crippen LogP contribution >= 0.6 is 15.9 Å². The second-order valence-corrected chi connectivity index (χ2v) is 5.15. The van der Waals surface area contributed by atoms with Crippen LogP contribution in [0.2, 0.25) is 0 Å². The zero-order chi connectivity index (χ0) is 14.1. The summed E-state index contributed by atoms with van der Waals surface area (Å²) in [5.41, 5.74) is 1.02. The van der Waals surface area contributed by atoms with Crippen molar-refractivity contribution in [3.63, 3.8) is 0 Å². The highest BCUT2D eigenvalue weighted by Gasteiger charge is 2.14. The van der Waals surface area contributed by atoms with E-state index in [0.717, 1.165) is 10.9 Å². The molecule has 5 nitrogen and oxygen atoms in total. The SMILES string of the molecule is O=C(Nc1n[nH]c2ccccc12)c1cc(Br)ccc1O. The molecule has 1 heterocycles. The predicted molar refractivity (Wildman–Crippen MR) is 79.9 cm³/mol. The minimum absolute atomic E-state index is 0.0782. The molecule has 0 unspecified atom stereocenters. The molecule has 0 atom stereocenters. The van der Waals surface area contributed by atoms with E-state index in [4.69, 9.17) is 0 Å². The maximum atomic E-state index is 12.2. The highest BCUT2D eigenvalue weighted by molar-refractivity contribution is 9.10. The molecule has 2 aromatic carbocycles. The number of phenols is 1. The second kappa shape index (κ2) is 4.97. The summed E-state index contributed by atoms with van der Waals surface area (Å²) >= 11 is 3.27. The molecule has 3 rings (SSSR count). The van der Waals surface area contributed by atoms with Crippen LogP contribution in [0.1, 0.15) is 10.4 Å². The number of carbonyl (C=O) groups excluding carboxylic acids is 1. The quantitative estimate of drug-likeness (QED) is 0.674. The third-order valence-corrected chi connectivity index (χ3v) is 3.40. The fourth-order valence-corrected chi connectivity index (χ4v) is 2.28. The average Bonchev–Trinajstić information content (AvgIpc) is 2.85. The number of rotatable bonds is 2. The van der Waals surface area contributed by atoms with Crippen LogP contribution in [0.3, 0.4) is 0 Å². The fraction of sp³-hybridized carbons (Fsp3) is 0. The van der Waals surface area contributed by atoms with E-state index in [0.29, 0.717) is 10.3 Å². The molecule has 0 saturated carbocycles. The topological polar surface area (TPSA) is 78.0 Å². The summed E-state index contributed by atoms with van der Waals surface area (Å²) in [7, 11) is 0. The van der Waals surface area contributed by atoms with Crippen LogP contribution in [0.4, 0.5) is 5.82 Å². The van der Waals surface area contributed by atoms with Gasteiger partial charge >= 0.3 is 0 Å². The van der Waals surface area contributed by atoms with Crippen molar-refractivity contribution in [3.05, 3.63) is 52.5 Å². The van der Waals surface area contributed by atoms with Crippen molar-refractivity contribution in [1.29, 1.82) is 0 Å². The molecule has 0 aliphatic rings. The summed E-state index contributed by atoms with van der Waals surface area (Å²) in [6, 6.07) is 12.2. The Labute approximate surface area is 122 Å². The van der Waals surface area contributed by atoms with Gasteiger partial charge in [0.1, 0.15) is 5.75 Å². The van der Waals surface area contributed by atoms with Gasteiger partial charge in [0.15, 0.2) is 5.82 Å². The summed E-state index contributed by atoms with van der Waals surface area (Å²) in [6.45, 7) is 0. The van der Waals surface area contributed by atoms with Crippen molar-refractivity contribution in [3.8, 4) is 5.75 Å². The van der Waals surface area contributed by atoms with Gasteiger partial charge in [-0.1, -0.05) is 28.1 Å². The smallest absolute Gasteiger partial charge is 0.260 e. The number of phenolic OH excluding ortho intramolecular Hbond substituents is 1. The molecular formula is C14H10BrN3O2. The monoisotopic (exact) mass is 331 g/mol. The van der Waals surface area contributed by atoms with Crippen molar-refractivity contribution in [1.82, 2.24) is 10.2 Å². The van der Waals surface area contributed by atoms with Crippen LogP contribution in [0.5, 0.6) is 5.75 Å². The third-order valence-electron chi connectivity index (χ3n) is 2.91. The Hall–Kier alpha value is -2.34. The van der Waals surface area contributed by atoms with Crippen LogP contribution in [-0.4, -0.2) is 21.2 Å². The molecule has 6 heteroatoms. The number of nitrogens with one attached hydrogen (secondary N) is 2. The summed E-state index contributed by atoms with van der Waals surface area (Å²) in [5, 5.41) is 20.1. The van der Waals surface area contributed by atoms with Gasteiger partial charge in [-0.2, -0.15) is 5.10 Å². The van der Waals surface area contributed by atoms with E-state index in [2.05, 4.69) is 31.4 Å². The van der Waals surface area contributed by atoms with Crippen molar-refractivity contribution < 1.29 is 9.90 Å². The van der Waals surface area contributed by atoms with Gasteiger partial charge in [-0.15, -0.1) is 0 Å². The zero-order valence-electron chi connectivity index (χ0n) is 10.2. The first-order valence-corrected chi connectivity index (χ1v) is 6.67. The van der Waals surface area contributed by atoms with E-state index >= 15 is 0 Å². The maximum Gasteiger partial charge on any atom is 0.260 e. The number of hydrogen-bond acceptors (Lipinski definition) is 3. The summed E-state index contributed by atoms with van der Waals surface area (Å²) in [6.07, 6.45) is 0. The number of amides is 1. The Morgan fingerprint density at radius 2 is 2.05 bits per heavy atom. The van der Waals surface area contributed by atoms with Gasteiger partial charge in [-0.25, -0.2) is 0 Å². The van der Waals surface area contributed by atoms with E-state index in [9.17, 15) is 9.90 Å². The molecule has 0 fully saturated rings. The minimum atomic E-state index is -0.416. The number of aromatic amines is 1. The predicted octanol–water partition coefficient (Wildman–Crippen LogP) is 3.28.